The Kier molecular flexibility index (Phi) is 5.01. The molecule has 0 aromatic heterocycles. The molecule has 2 rings (SSSR count). The van der Waals surface area contributed by atoms with Gasteiger partial charge in [-0.2, -0.15) is 0 Å². The van der Waals surface area contributed by atoms with E-state index >= 15 is 0 Å². The zero-order valence-corrected chi connectivity index (χ0v) is 13.2. The normalized spacial score (nSPS) is 19.1. The Balaban J connectivity index is 2.08. The molecule has 0 amide bonds. The van der Waals surface area contributed by atoms with Crippen LogP contribution in [0.5, 0.6) is 0 Å². The molecule has 0 bridgehead atoms. The third kappa shape index (κ3) is 3.63. The minimum absolute atomic E-state index is 0.374. The summed E-state index contributed by atoms with van der Waals surface area (Å²) in [5, 5.41) is 0. The number of methoxy groups -OCH3 is 1. The summed E-state index contributed by atoms with van der Waals surface area (Å²) in [5.41, 5.74) is 6.15. The molecule has 4 nitrogen and oxygen atoms in total. The second-order valence-corrected chi connectivity index (χ2v) is 6.14. The molecule has 2 unspecified atom stereocenters. The van der Waals surface area contributed by atoms with Crippen molar-refractivity contribution in [2.24, 2.45) is 11.7 Å². The topological polar surface area (TPSA) is 55.6 Å². The van der Waals surface area contributed by atoms with Gasteiger partial charge in [0.2, 0.25) is 0 Å². The first kappa shape index (κ1) is 16.0. The molecule has 0 radical (unpaired) electrons. The smallest absolute Gasteiger partial charge is 0.330 e. The average Bonchev–Trinajstić information content (AvgIpc) is 3.36. The van der Waals surface area contributed by atoms with Crippen LogP contribution in [0.1, 0.15) is 31.7 Å². The van der Waals surface area contributed by atoms with Crippen LogP contribution in [0.4, 0.5) is 0 Å². The van der Waals surface area contributed by atoms with Gasteiger partial charge in [0, 0.05) is 12.6 Å². The Morgan fingerprint density at radius 2 is 2.05 bits per heavy atom. The monoisotopic (exact) mass is 290 g/mol. The van der Waals surface area contributed by atoms with Crippen molar-refractivity contribution in [1.82, 2.24) is 4.90 Å². The first-order chi connectivity index (χ1) is 9.99. The molecule has 1 aromatic rings. The quantitative estimate of drug-likeness (QED) is 0.782. The zero-order chi connectivity index (χ0) is 15.5. The van der Waals surface area contributed by atoms with Gasteiger partial charge >= 0.3 is 5.97 Å². The standard InChI is InChI=1S/C17H26N2O2/c1-13(14-9-10-14)19(2)12-11-17(18,16(20)21-3)15-7-5-4-6-8-15/h4-8,13-14H,9-12,18H2,1-3H3. The molecular weight excluding hydrogens is 264 g/mol. The van der Waals surface area contributed by atoms with Crippen molar-refractivity contribution in [3.05, 3.63) is 35.9 Å². The molecule has 1 fully saturated rings. The molecule has 1 saturated carbocycles. The molecule has 1 aromatic carbocycles. The molecule has 1 aliphatic rings. The summed E-state index contributed by atoms with van der Waals surface area (Å²) < 4.78 is 4.94. The van der Waals surface area contributed by atoms with Crippen LogP contribution in [-0.4, -0.2) is 37.6 Å². The number of ether oxygens (including phenoxy) is 1. The van der Waals surface area contributed by atoms with Crippen molar-refractivity contribution >= 4 is 5.97 Å². The fourth-order valence-corrected chi connectivity index (χ4v) is 2.78. The molecule has 116 valence electrons. The van der Waals surface area contributed by atoms with Gasteiger partial charge in [-0.25, -0.2) is 4.79 Å². The van der Waals surface area contributed by atoms with E-state index in [1.165, 1.54) is 20.0 Å². The Morgan fingerprint density at radius 1 is 1.43 bits per heavy atom. The number of hydrogen-bond acceptors (Lipinski definition) is 4. The summed E-state index contributed by atoms with van der Waals surface area (Å²) in [6.07, 6.45) is 3.18. The number of nitrogens with two attached hydrogens (primary N) is 1. The van der Waals surface area contributed by atoms with Gasteiger partial charge in [-0.1, -0.05) is 30.3 Å². The summed E-state index contributed by atoms with van der Waals surface area (Å²) in [7, 11) is 3.50. The summed E-state index contributed by atoms with van der Waals surface area (Å²) in [6.45, 7) is 3.02. The number of carbonyl (C=O) groups excluding carboxylic acids is 1. The number of nitrogens with zero attached hydrogens (tertiary/aromatic N) is 1. The molecule has 0 heterocycles. The lowest BCUT2D eigenvalue weighted by molar-refractivity contribution is -0.148. The van der Waals surface area contributed by atoms with E-state index in [1.54, 1.807) is 0 Å². The van der Waals surface area contributed by atoms with Gasteiger partial charge in [-0.3, -0.25) is 0 Å². The maximum Gasteiger partial charge on any atom is 0.330 e. The minimum atomic E-state index is -1.08. The lowest BCUT2D eigenvalue weighted by Crippen LogP contribution is -2.48. The van der Waals surface area contributed by atoms with E-state index in [4.69, 9.17) is 10.5 Å². The SMILES string of the molecule is COC(=O)C(N)(CCN(C)C(C)C1CC1)c1ccccc1. The lowest BCUT2D eigenvalue weighted by Gasteiger charge is -2.31. The number of rotatable bonds is 7. The van der Waals surface area contributed by atoms with Crippen LogP contribution in [-0.2, 0) is 15.1 Å². The lowest BCUT2D eigenvalue weighted by atomic mass is 9.87. The van der Waals surface area contributed by atoms with Crippen LogP contribution in [0, 0.1) is 5.92 Å². The summed E-state index contributed by atoms with van der Waals surface area (Å²) >= 11 is 0. The second-order valence-electron chi connectivity index (χ2n) is 6.14. The summed E-state index contributed by atoms with van der Waals surface area (Å²) in [6, 6.07) is 10.0. The van der Waals surface area contributed by atoms with Gasteiger partial charge in [0.1, 0.15) is 5.54 Å². The van der Waals surface area contributed by atoms with Crippen LogP contribution < -0.4 is 5.73 Å². The van der Waals surface area contributed by atoms with Crippen molar-refractivity contribution in [2.45, 2.75) is 37.8 Å². The number of hydrogen-bond donors (Lipinski definition) is 1. The van der Waals surface area contributed by atoms with Crippen LogP contribution in [0.25, 0.3) is 0 Å². The van der Waals surface area contributed by atoms with Crippen LogP contribution in [0.3, 0.4) is 0 Å². The van der Waals surface area contributed by atoms with Gasteiger partial charge in [0.05, 0.1) is 7.11 Å². The molecule has 0 aliphatic heterocycles. The third-order valence-electron chi connectivity index (χ3n) is 4.70. The van der Waals surface area contributed by atoms with E-state index in [1.807, 2.05) is 30.3 Å². The maximum absolute atomic E-state index is 12.2. The van der Waals surface area contributed by atoms with Crippen molar-refractivity contribution in [1.29, 1.82) is 0 Å². The van der Waals surface area contributed by atoms with Gasteiger partial charge in [-0.05, 0) is 44.7 Å². The summed E-state index contributed by atoms with van der Waals surface area (Å²) in [5.74, 6) is 0.429. The van der Waals surface area contributed by atoms with E-state index in [0.29, 0.717) is 12.5 Å². The van der Waals surface area contributed by atoms with Crippen molar-refractivity contribution in [3.63, 3.8) is 0 Å². The number of esters is 1. The highest BCUT2D eigenvalue weighted by Crippen LogP contribution is 2.35. The van der Waals surface area contributed by atoms with E-state index in [-0.39, 0.29) is 5.97 Å². The van der Waals surface area contributed by atoms with Gasteiger partial charge in [-0.15, -0.1) is 0 Å². The zero-order valence-electron chi connectivity index (χ0n) is 13.2. The predicted octanol–water partition coefficient (Wildman–Crippen LogP) is 2.13. The first-order valence-corrected chi connectivity index (χ1v) is 7.62. The number of carbonyl (C=O) groups is 1. The molecule has 2 atom stereocenters. The molecular formula is C17H26N2O2. The largest absolute Gasteiger partial charge is 0.467 e. The maximum atomic E-state index is 12.2. The van der Waals surface area contributed by atoms with E-state index in [9.17, 15) is 4.79 Å². The van der Waals surface area contributed by atoms with Gasteiger partial charge < -0.3 is 15.4 Å². The van der Waals surface area contributed by atoms with Crippen LogP contribution in [0.15, 0.2) is 30.3 Å². The Morgan fingerprint density at radius 3 is 2.57 bits per heavy atom. The minimum Gasteiger partial charge on any atom is -0.467 e. The van der Waals surface area contributed by atoms with E-state index < -0.39 is 5.54 Å². The molecule has 0 spiro atoms. The highest BCUT2D eigenvalue weighted by atomic mass is 16.5. The van der Waals surface area contributed by atoms with E-state index in [2.05, 4.69) is 18.9 Å². The molecule has 1 aliphatic carbocycles. The first-order valence-electron chi connectivity index (χ1n) is 7.62. The molecule has 2 N–H and O–H groups in total. The van der Waals surface area contributed by atoms with Gasteiger partial charge in [0.15, 0.2) is 0 Å². The Bertz CT molecular complexity index is 473. The molecule has 21 heavy (non-hydrogen) atoms. The van der Waals surface area contributed by atoms with Crippen molar-refractivity contribution < 1.29 is 9.53 Å². The van der Waals surface area contributed by atoms with Crippen LogP contribution in [0.2, 0.25) is 0 Å². The predicted molar refractivity (Wildman–Crippen MR) is 83.8 cm³/mol. The van der Waals surface area contributed by atoms with Crippen molar-refractivity contribution in [2.75, 3.05) is 20.7 Å². The van der Waals surface area contributed by atoms with Crippen LogP contribution >= 0.6 is 0 Å². The third-order valence-corrected chi connectivity index (χ3v) is 4.70. The van der Waals surface area contributed by atoms with Crippen molar-refractivity contribution in [3.8, 4) is 0 Å². The average molecular weight is 290 g/mol. The molecule has 0 saturated heterocycles. The second kappa shape index (κ2) is 6.58. The highest BCUT2D eigenvalue weighted by molar-refractivity contribution is 5.82. The fraction of sp³-hybridized carbons (Fsp3) is 0.588. The fourth-order valence-electron chi connectivity index (χ4n) is 2.78. The van der Waals surface area contributed by atoms with Gasteiger partial charge in [0.25, 0.3) is 0 Å². The highest BCUT2D eigenvalue weighted by Gasteiger charge is 2.38. The van der Waals surface area contributed by atoms with E-state index in [0.717, 1.165) is 18.0 Å². The molecule has 4 heteroatoms. The summed E-state index contributed by atoms with van der Waals surface area (Å²) in [4.78, 5) is 14.5. The Labute approximate surface area is 127 Å². The number of benzene rings is 1. The Hall–Kier alpha value is -1.39.